The minimum absolute atomic E-state index is 0.0641. The van der Waals surface area contributed by atoms with Gasteiger partial charge < -0.3 is 15.8 Å². The molecular formula is C16H17ClN2O2. The highest BCUT2D eigenvalue weighted by atomic mass is 35.5. The average molecular weight is 305 g/mol. The third-order valence-electron chi connectivity index (χ3n) is 2.84. The van der Waals surface area contributed by atoms with Gasteiger partial charge in [0.15, 0.2) is 6.61 Å². The van der Waals surface area contributed by atoms with Crippen molar-refractivity contribution in [3.63, 3.8) is 0 Å². The van der Waals surface area contributed by atoms with Crippen LogP contribution in [0.1, 0.15) is 11.1 Å². The maximum atomic E-state index is 11.8. The summed E-state index contributed by atoms with van der Waals surface area (Å²) in [7, 11) is 0. The van der Waals surface area contributed by atoms with Crippen LogP contribution in [-0.4, -0.2) is 12.5 Å². The molecule has 0 saturated heterocycles. The van der Waals surface area contributed by atoms with Gasteiger partial charge in [0, 0.05) is 5.69 Å². The molecule has 0 aromatic heterocycles. The lowest BCUT2D eigenvalue weighted by Gasteiger charge is -2.09. The number of amides is 1. The van der Waals surface area contributed by atoms with Gasteiger partial charge in [-0.05, 0) is 55.3 Å². The number of aryl methyl sites for hydroxylation is 2. The number of halogens is 1. The summed E-state index contributed by atoms with van der Waals surface area (Å²) in [4.78, 5) is 11.8. The normalized spacial score (nSPS) is 10.2. The van der Waals surface area contributed by atoms with Crippen LogP contribution in [0.3, 0.4) is 0 Å². The molecule has 3 N–H and O–H groups in total. The Morgan fingerprint density at radius 2 is 1.86 bits per heavy atom. The third-order valence-corrected chi connectivity index (χ3v) is 3.19. The van der Waals surface area contributed by atoms with Gasteiger partial charge >= 0.3 is 0 Å². The minimum atomic E-state index is -0.254. The Kier molecular flexibility index (Phi) is 4.70. The summed E-state index contributed by atoms with van der Waals surface area (Å²) >= 11 is 5.83. The maximum absolute atomic E-state index is 11.8. The van der Waals surface area contributed by atoms with Crippen molar-refractivity contribution in [1.82, 2.24) is 0 Å². The zero-order valence-electron chi connectivity index (χ0n) is 11.9. The number of carbonyl (C=O) groups is 1. The predicted octanol–water partition coefficient (Wildman–Crippen LogP) is 3.56. The molecule has 0 heterocycles. The number of nitrogen functional groups attached to an aromatic ring is 1. The second-order valence-corrected chi connectivity index (χ2v) is 5.30. The number of nitrogens with one attached hydrogen (secondary N) is 1. The molecule has 0 aliphatic rings. The molecule has 110 valence electrons. The van der Waals surface area contributed by atoms with E-state index in [0.717, 1.165) is 11.1 Å². The molecular weight excluding hydrogens is 288 g/mol. The molecule has 21 heavy (non-hydrogen) atoms. The van der Waals surface area contributed by atoms with E-state index in [1.54, 1.807) is 18.2 Å². The van der Waals surface area contributed by atoms with Crippen molar-refractivity contribution in [3.8, 4) is 5.75 Å². The van der Waals surface area contributed by atoms with E-state index in [1.165, 1.54) is 0 Å². The van der Waals surface area contributed by atoms with Crippen LogP contribution in [0.4, 0.5) is 11.4 Å². The molecule has 2 rings (SSSR count). The van der Waals surface area contributed by atoms with Gasteiger partial charge in [-0.25, -0.2) is 0 Å². The Bertz CT molecular complexity index is 651. The fourth-order valence-corrected chi connectivity index (χ4v) is 2.10. The molecule has 2 aromatic rings. The van der Waals surface area contributed by atoms with Crippen LogP contribution in [-0.2, 0) is 4.79 Å². The summed E-state index contributed by atoms with van der Waals surface area (Å²) < 4.78 is 5.49. The Hall–Kier alpha value is -2.20. The van der Waals surface area contributed by atoms with Crippen LogP contribution in [0.5, 0.6) is 5.75 Å². The van der Waals surface area contributed by atoms with E-state index in [1.807, 2.05) is 32.0 Å². The van der Waals surface area contributed by atoms with Gasteiger partial charge in [0.1, 0.15) is 5.75 Å². The van der Waals surface area contributed by atoms with Crippen molar-refractivity contribution in [2.24, 2.45) is 0 Å². The van der Waals surface area contributed by atoms with Crippen LogP contribution >= 0.6 is 11.6 Å². The monoisotopic (exact) mass is 304 g/mol. The van der Waals surface area contributed by atoms with Gasteiger partial charge in [0.2, 0.25) is 0 Å². The first-order chi connectivity index (χ1) is 9.94. The zero-order valence-corrected chi connectivity index (χ0v) is 12.7. The number of ether oxygens (including phenoxy) is 1. The standard InChI is InChI=1S/C16H17ClN2O2/c1-10-5-11(2)7-13(6-10)21-9-16(20)19-12-3-4-14(17)15(18)8-12/h3-8H,9,18H2,1-2H3,(H,19,20). The van der Waals surface area contributed by atoms with Gasteiger partial charge in [-0.3, -0.25) is 4.79 Å². The molecule has 0 atom stereocenters. The molecule has 0 fully saturated rings. The minimum Gasteiger partial charge on any atom is -0.484 e. The van der Waals surface area contributed by atoms with Crippen LogP contribution in [0.15, 0.2) is 36.4 Å². The van der Waals surface area contributed by atoms with E-state index in [-0.39, 0.29) is 12.5 Å². The van der Waals surface area contributed by atoms with Crippen molar-refractivity contribution in [2.45, 2.75) is 13.8 Å². The summed E-state index contributed by atoms with van der Waals surface area (Å²) in [6.45, 7) is 3.90. The van der Waals surface area contributed by atoms with Crippen LogP contribution in [0, 0.1) is 13.8 Å². The van der Waals surface area contributed by atoms with Gasteiger partial charge in [0.25, 0.3) is 5.91 Å². The van der Waals surface area contributed by atoms with E-state index in [2.05, 4.69) is 5.32 Å². The highest BCUT2D eigenvalue weighted by molar-refractivity contribution is 6.33. The van der Waals surface area contributed by atoms with E-state index in [4.69, 9.17) is 22.1 Å². The van der Waals surface area contributed by atoms with E-state index in [9.17, 15) is 4.79 Å². The number of carbonyl (C=O) groups excluding carboxylic acids is 1. The van der Waals surface area contributed by atoms with E-state index < -0.39 is 0 Å². The van der Waals surface area contributed by atoms with Crippen LogP contribution < -0.4 is 15.8 Å². The molecule has 0 radical (unpaired) electrons. The van der Waals surface area contributed by atoms with E-state index >= 15 is 0 Å². The lowest BCUT2D eigenvalue weighted by atomic mass is 10.1. The molecule has 0 bridgehead atoms. The summed E-state index contributed by atoms with van der Waals surface area (Å²) in [5.74, 6) is 0.425. The lowest BCUT2D eigenvalue weighted by molar-refractivity contribution is -0.118. The summed E-state index contributed by atoms with van der Waals surface area (Å²) in [6.07, 6.45) is 0. The molecule has 5 heteroatoms. The highest BCUT2D eigenvalue weighted by Gasteiger charge is 2.06. The molecule has 4 nitrogen and oxygen atoms in total. The first kappa shape index (κ1) is 15.2. The van der Waals surface area contributed by atoms with Gasteiger partial charge in [-0.2, -0.15) is 0 Å². The second kappa shape index (κ2) is 6.50. The number of hydrogen-bond acceptors (Lipinski definition) is 3. The second-order valence-electron chi connectivity index (χ2n) is 4.90. The molecule has 0 unspecified atom stereocenters. The Morgan fingerprint density at radius 1 is 1.19 bits per heavy atom. The molecule has 0 aliphatic carbocycles. The Labute approximate surface area is 128 Å². The fraction of sp³-hybridized carbons (Fsp3) is 0.188. The number of nitrogens with two attached hydrogens (primary N) is 1. The Balaban J connectivity index is 1.94. The SMILES string of the molecule is Cc1cc(C)cc(OCC(=O)Nc2ccc(Cl)c(N)c2)c1. The fourth-order valence-electron chi connectivity index (χ4n) is 1.98. The largest absolute Gasteiger partial charge is 0.484 e. The quantitative estimate of drug-likeness (QED) is 0.849. The van der Waals surface area contributed by atoms with Crippen molar-refractivity contribution >= 4 is 28.9 Å². The number of hydrogen-bond donors (Lipinski definition) is 2. The predicted molar refractivity (Wildman–Crippen MR) is 85.9 cm³/mol. The van der Waals surface area contributed by atoms with Crippen molar-refractivity contribution in [1.29, 1.82) is 0 Å². The maximum Gasteiger partial charge on any atom is 0.262 e. The van der Waals surface area contributed by atoms with Crippen LogP contribution in [0.2, 0.25) is 5.02 Å². The molecule has 0 saturated carbocycles. The number of benzene rings is 2. The van der Waals surface area contributed by atoms with Gasteiger partial charge in [-0.15, -0.1) is 0 Å². The zero-order chi connectivity index (χ0) is 15.4. The Morgan fingerprint density at radius 3 is 2.48 bits per heavy atom. The van der Waals surface area contributed by atoms with Crippen molar-refractivity contribution in [2.75, 3.05) is 17.7 Å². The first-order valence-corrected chi connectivity index (χ1v) is 6.88. The van der Waals surface area contributed by atoms with Crippen LogP contribution in [0.25, 0.3) is 0 Å². The molecule has 0 spiro atoms. The van der Waals surface area contributed by atoms with Crippen molar-refractivity contribution in [3.05, 3.63) is 52.5 Å². The van der Waals surface area contributed by atoms with E-state index in [0.29, 0.717) is 22.1 Å². The topological polar surface area (TPSA) is 64.3 Å². The number of anilines is 2. The number of rotatable bonds is 4. The first-order valence-electron chi connectivity index (χ1n) is 6.50. The van der Waals surface area contributed by atoms with Gasteiger partial charge in [0.05, 0.1) is 10.7 Å². The van der Waals surface area contributed by atoms with Gasteiger partial charge in [-0.1, -0.05) is 17.7 Å². The summed E-state index contributed by atoms with van der Waals surface area (Å²) in [5, 5.41) is 3.16. The summed E-state index contributed by atoms with van der Waals surface area (Å²) in [6, 6.07) is 10.8. The molecule has 0 aliphatic heterocycles. The highest BCUT2D eigenvalue weighted by Crippen LogP contribution is 2.22. The smallest absolute Gasteiger partial charge is 0.262 e. The molecule has 2 aromatic carbocycles. The van der Waals surface area contributed by atoms with Crippen molar-refractivity contribution < 1.29 is 9.53 Å². The molecule has 1 amide bonds. The third kappa shape index (κ3) is 4.39. The lowest BCUT2D eigenvalue weighted by Crippen LogP contribution is -2.20. The summed E-state index contributed by atoms with van der Waals surface area (Å²) in [5.41, 5.74) is 8.88. The average Bonchev–Trinajstić information content (AvgIpc) is 2.40.